The van der Waals surface area contributed by atoms with Gasteiger partial charge in [0.05, 0.1) is 6.61 Å². The van der Waals surface area contributed by atoms with Crippen molar-refractivity contribution in [2.45, 2.75) is 181 Å². The predicted molar refractivity (Wildman–Crippen MR) is 163 cm³/mol. The minimum atomic E-state index is -0.309. The van der Waals surface area contributed by atoms with Crippen molar-refractivity contribution in [3.05, 3.63) is 0 Å². The monoisotopic (exact) mass is 579 g/mol. The molecule has 0 heterocycles. The number of nitrogens with one attached hydrogen (secondary N) is 1. The summed E-state index contributed by atoms with van der Waals surface area (Å²) in [5, 5.41) is 13.5. The van der Waals surface area contributed by atoms with Gasteiger partial charge in [0, 0.05) is 18.8 Å². The van der Waals surface area contributed by atoms with E-state index in [0.29, 0.717) is 6.61 Å². The Morgan fingerprint density at radius 3 is 1.22 bits per heavy atom. The highest BCUT2D eigenvalue weighted by Crippen LogP contribution is 2.14. The molecule has 0 amide bonds. The quantitative estimate of drug-likeness (QED) is 0.0750. The average Bonchev–Trinajstić information content (AvgIpc) is 2.82. The SMILES string of the molecule is Br.CCCCCCCCCCCCOC(CO)C(NC(C)(C)C)OCCCCCCCCCCCC. The van der Waals surface area contributed by atoms with Gasteiger partial charge in [-0.1, -0.05) is 129 Å². The van der Waals surface area contributed by atoms with Crippen LogP contribution in [0.1, 0.15) is 163 Å². The van der Waals surface area contributed by atoms with Crippen LogP contribution in [0.15, 0.2) is 0 Å². The molecule has 0 fully saturated rings. The molecular weight excluding hydrogens is 514 g/mol. The topological polar surface area (TPSA) is 50.7 Å². The van der Waals surface area contributed by atoms with Crippen molar-refractivity contribution in [3.8, 4) is 0 Å². The molecule has 2 unspecified atom stereocenters. The predicted octanol–water partition coefficient (Wildman–Crippen LogP) is 9.51. The molecule has 5 heteroatoms. The van der Waals surface area contributed by atoms with Crippen molar-refractivity contribution < 1.29 is 14.6 Å². The number of halogens is 1. The highest BCUT2D eigenvalue weighted by atomic mass is 79.9. The first kappa shape index (κ1) is 38.5. The zero-order valence-corrected chi connectivity index (χ0v) is 26.8. The van der Waals surface area contributed by atoms with Gasteiger partial charge in [0.1, 0.15) is 12.3 Å². The van der Waals surface area contributed by atoms with Crippen LogP contribution >= 0.6 is 17.0 Å². The molecule has 0 spiro atoms. The largest absolute Gasteiger partial charge is 0.394 e. The summed E-state index contributed by atoms with van der Waals surface area (Å²) in [6.45, 7) is 12.4. The summed E-state index contributed by atoms with van der Waals surface area (Å²) in [5.41, 5.74) is -0.0870. The summed E-state index contributed by atoms with van der Waals surface area (Å²) in [5.74, 6) is 0. The Balaban J connectivity index is 0. The van der Waals surface area contributed by atoms with Crippen LogP contribution in [0.2, 0.25) is 0 Å². The van der Waals surface area contributed by atoms with E-state index < -0.39 is 0 Å². The summed E-state index contributed by atoms with van der Waals surface area (Å²) in [6.07, 6.45) is 25.8. The van der Waals surface area contributed by atoms with Gasteiger partial charge in [-0.15, -0.1) is 17.0 Å². The Hall–Kier alpha value is 0.320. The van der Waals surface area contributed by atoms with E-state index in [1.165, 1.54) is 116 Å². The van der Waals surface area contributed by atoms with Crippen LogP contribution in [-0.4, -0.2) is 42.8 Å². The minimum absolute atomic E-state index is 0. The first-order valence-electron chi connectivity index (χ1n) is 15.6. The number of ether oxygens (including phenoxy) is 2. The second-order valence-electron chi connectivity index (χ2n) is 11.6. The fourth-order valence-electron chi connectivity index (χ4n) is 4.53. The molecule has 0 rings (SSSR count). The maximum Gasteiger partial charge on any atom is 0.137 e. The number of rotatable bonds is 27. The van der Waals surface area contributed by atoms with Gasteiger partial charge >= 0.3 is 0 Å². The molecule has 0 aliphatic heterocycles. The number of hydrogen-bond acceptors (Lipinski definition) is 4. The zero-order valence-electron chi connectivity index (χ0n) is 25.1. The van der Waals surface area contributed by atoms with Crippen LogP contribution in [0.4, 0.5) is 0 Å². The molecule has 0 saturated heterocycles. The lowest BCUT2D eigenvalue weighted by molar-refractivity contribution is -0.114. The van der Waals surface area contributed by atoms with E-state index in [2.05, 4.69) is 39.9 Å². The van der Waals surface area contributed by atoms with Crippen LogP contribution in [0.25, 0.3) is 0 Å². The number of hydrogen-bond donors (Lipinski definition) is 2. The maximum atomic E-state index is 9.99. The molecule has 0 aromatic heterocycles. The van der Waals surface area contributed by atoms with Gasteiger partial charge in [-0.3, -0.25) is 5.32 Å². The van der Waals surface area contributed by atoms with Crippen LogP contribution in [0, 0.1) is 0 Å². The van der Waals surface area contributed by atoms with Crippen molar-refractivity contribution in [1.29, 1.82) is 0 Å². The molecule has 4 nitrogen and oxygen atoms in total. The van der Waals surface area contributed by atoms with E-state index in [4.69, 9.17) is 9.47 Å². The third kappa shape index (κ3) is 27.4. The maximum absolute atomic E-state index is 9.99. The van der Waals surface area contributed by atoms with Crippen molar-refractivity contribution >= 4 is 17.0 Å². The Labute approximate surface area is 237 Å². The van der Waals surface area contributed by atoms with Crippen LogP contribution < -0.4 is 5.32 Å². The Kier molecular flexibility index (Phi) is 30.3. The van der Waals surface area contributed by atoms with Crippen LogP contribution in [0.5, 0.6) is 0 Å². The highest BCUT2D eigenvalue weighted by Gasteiger charge is 2.26. The molecule has 0 saturated carbocycles. The molecule has 0 aromatic carbocycles. The molecule has 0 aliphatic rings. The Morgan fingerprint density at radius 2 is 0.889 bits per heavy atom. The summed E-state index contributed by atoms with van der Waals surface area (Å²) < 4.78 is 12.3. The molecule has 0 bridgehead atoms. The van der Waals surface area contributed by atoms with E-state index in [-0.39, 0.29) is 41.5 Å². The normalized spacial score (nSPS) is 13.5. The van der Waals surface area contributed by atoms with E-state index in [0.717, 1.165) is 19.4 Å². The third-order valence-corrected chi connectivity index (χ3v) is 6.72. The van der Waals surface area contributed by atoms with E-state index in [9.17, 15) is 5.11 Å². The minimum Gasteiger partial charge on any atom is -0.394 e. The van der Waals surface area contributed by atoms with Gasteiger partial charge < -0.3 is 14.6 Å². The van der Waals surface area contributed by atoms with E-state index >= 15 is 0 Å². The van der Waals surface area contributed by atoms with Gasteiger partial charge in [-0.05, 0) is 33.6 Å². The number of aliphatic hydroxyl groups excluding tert-OH is 1. The average molecular weight is 581 g/mol. The third-order valence-electron chi connectivity index (χ3n) is 6.72. The molecule has 0 radical (unpaired) electrons. The van der Waals surface area contributed by atoms with E-state index in [1.54, 1.807) is 0 Å². The van der Waals surface area contributed by atoms with Crippen LogP contribution in [0.3, 0.4) is 0 Å². The van der Waals surface area contributed by atoms with E-state index in [1.807, 2.05) is 0 Å². The number of aliphatic hydroxyl groups is 1. The lowest BCUT2D eigenvalue weighted by atomic mass is 10.1. The van der Waals surface area contributed by atoms with Gasteiger partial charge in [0.2, 0.25) is 0 Å². The van der Waals surface area contributed by atoms with Crippen molar-refractivity contribution in [1.82, 2.24) is 5.32 Å². The van der Waals surface area contributed by atoms with Gasteiger partial charge in [-0.2, -0.15) is 0 Å². The Morgan fingerprint density at radius 1 is 0.556 bits per heavy atom. The van der Waals surface area contributed by atoms with Crippen LogP contribution in [-0.2, 0) is 9.47 Å². The van der Waals surface area contributed by atoms with Crippen molar-refractivity contribution in [2.75, 3.05) is 19.8 Å². The molecule has 0 aliphatic carbocycles. The first-order valence-corrected chi connectivity index (χ1v) is 15.6. The van der Waals surface area contributed by atoms with Gasteiger partial charge in [0.15, 0.2) is 0 Å². The molecule has 220 valence electrons. The molecule has 2 N–H and O–H groups in total. The lowest BCUT2D eigenvalue weighted by Crippen LogP contribution is -2.53. The smallest absolute Gasteiger partial charge is 0.137 e. The fraction of sp³-hybridized carbons (Fsp3) is 1.00. The second kappa shape index (κ2) is 28.3. The summed E-state index contributed by atoms with van der Waals surface area (Å²) >= 11 is 0. The Bertz CT molecular complexity index is 417. The summed E-state index contributed by atoms with van der Waals surface area (Å²) in [6, 6.07) is 0. The van der Waals surface area contributed by atoms with Gasteiger partial charge in [0.25, 0.3) is 0 Å². The fourth-order valence-corrected chi connectivity index (χ4v) is 4.53. The van der Waals surface area contributed by atoms with Crippen molar-refractivity contribution in [2.24, 2.45) is 0 Å². The van der Waals surface area contributed by atoms with Crippen molar-refractivity contribution in [3.63, 3.8) is 0 Å². The highest BCUT2D eigenvalue weighted by molar-refractivity contribution is 8.93. The molecule has 2 atom stereocenters. The standard InChI is InChI=1S/C31H65NO3.BrH/c1-6-8-10-12-14-16-18-20-22-24-26-34-29(28-33)30(32-31(3,4)5)35-27-25-23-21-19-17-15-13-11-9-7-2;/h29-30,32-33H,6-28H2,1-5H3;1H. The molecular formula is C31H66BrNO3. The summed E-state index contributed by atoms with van der Waals surface area (Å²) in [7, 11) is 0. The number of unbranched alkanes of at least 4 members (excludes halogenated alkanes) is 18. The van der Waals surface area contributed by atoms with Gasteiger partial charge in [-0.25, -0.2) is 0 Å². The summed E-state index contributed by atoms with van der Waals surface area (Å²) in [4.78, 5) is 0. The zero-order chi connectivity index (χ0) is 26.0. The molecule has 0 aromatic rings. The first-order chi connectivity index (χ1) is 16.9. The lowest BCUT2D eigenvalue weighted by Gasteiger charge is -2.33. The molecule has 36 heavy (non-hydrogen) atoms. The second-order valence-corrected chi connectivity index (χ2v) is 11.6.